The third-order valence-electron chi connectivity index (χ3n) is 2.02. The molecule has 0 aliphatic carbocycles. The minimum Gasteiger partial charge on any atom is -0.355 e. The van der Waals surface area contributed by atoms with Gasteiger partial charge in [-0.15, -0.1) is 0 Å². The molecule has 1 rings (SSSR count). The summed E-state index contributed by atoms with van der Waals surface area (Å²) in [5.41, 5.74) is 0. The van der Waals surface area contributed by atoms with E-state index in [2.05, 4.69) is 24.1 Å². The number of nitrogens with zero attached hydrogens (tertiary/aromatic N) is 1. The molecule has 0 bridgehead atoms. The third kappa shape index (κ3) is 3.22. The normalized spacial score (nSPS) is 17.6. The van der Waals surface area contributed by atoms with Crippen molar-refractivity contribution in [2.75, 3.05) is 26.2 Å². The van der Waals surface area contributed by atoms with Crippen molar-refractivity contribution >= 4 is 5.91 Å². The van der Waals surface area contributed by atoms with Crippen LogP contribution >= 0.6 is 0 Å². The summed E-state index contributed by atoms with van der Waals surface area (Å²) >= 11 is 0. The van der Waals surface area contributed by atoms with E-state index in [1.165, 1.54) is 6.42 Å². The van der Waals surface area contributed by atoms with Gasteiger partial charge in [-0.25, -0.2) is 0 Å². The van der Waals surface area contributed by atoms with Crippen LogP contribution in [-0.2, 0) is 4.79 Å². The average Bonchev–Trinajstić information content (AvgIpc) is 1.93. The van der Waals surface area contributed by atoms with Crippen molar-refractivity contribution in [2.45, 2.75) is 20.3 Å². The second-order valence-corrected chi connectivity index (χ2v) is 3.83. The average molecular weight is 170 g/mol. The Morgan fingerprint density at radius 3 is 2.58 bits per heavy atom. The highest BCUT2D eigenvalue weighted by atomic mass is 16.2. The summed E-state index contributed by atoms with van der Waals surface area (Å²) in [4.78, 5) is 13.4. The van der Waals surface area contributed by atoms with Crippen LogP contribution in [0.15, 0.2) is 0 Å². The zero-order valence-electron chi connectivity index (χ0n) is 7.97. The van der Waals surface area contributed by atoms with Crippen molar-refractivity contribution in [1.82, 2.24) is 10.2 Å². The van der Waals surface area contributed by atoms with Crippen LogP contribution in [-0.4, -0.2) is 37.0 Å². The van der Waals surface area contributed by atoms with Gasteiger partial charge in [0.25, 0.3) is 0 Å². The van der Waals surface area contributed by atoms with Gasteiger partial charge < -0.3 is 5.32 Å². The van der Waals surface area contributed by atoms with Gasteiger partial charge >= 0.3 is 0 Å². The molecule has 1 N–H and O–H groups in total. The van der Waals surface area contributed by atoms with E-state index in [-0.39, 0.29) is 5.91 Å². The first-order chi connectivity index (χ1) is 5.68. The molecule has 1 saturated heterocycles. The van der Waals surface area contributed by atoms with Crippen molar-refractivity contribution in [2.24, 2.45) is 5.92 Å². The number of hydrogen-bond donors (Lipinski definition) is 1. The van der Waals surface area contributed by atoms with Crippen LogP contribution in [0.4, 0.5) is 0 Å². The molecule has 1 aliphatic rings. The fraction of sp³-hybridized carbons (Fsp3) is 0.889. The fourth-order valence-corrected chi connectivity index (χ4v) is 1.12. The fourth-order valence-electron chi connectivity index (χ4n) is 1.12. The monoisotopic (exact) mass is 170 g/mol. The first-order valence-electron chi connectivity index (χ1n) is 4.67. The van der Waals surface area contributed by atoms with E-state index < -0.39 is 0 Å². The SMILES string of the molecule is CC(C)CNC(=O)CN1CCC1. The maximum Gasteiger partial charge on any atom is 0.234 e. The number of amides is 1. The van der Waals surface area contributed by atoms with Gasteiger partial charge in [-0.05, 0) is 25.4 Å². The van der Waals surface area contributed by atoms with Crippen LogP contribution < -0.4 is 5.32 Å². The summed E-state index contributed by atoms with van der Waals surface area (Å²) in [5, 5.41) is 2.90. The van der Waals surface area contributed by atoms with Gasteiger partial charge in [-0.1, -0.05) is 13.8 Å². The molecule has 1 aliphatic heterocycles. The highest BCUT2D eigenvalue weighted by molar-refractivity contribution is 5.78. The molecule has 0 atom stereocenters. The van der Waals surface area contributed by atoms with Crippen LogP contribution in [0.25, 0.3) is 0 Å². The number of likely N-dealkylation sites (tertiary alicyclic amines) is 1. The number of nitrogens with one attached hydrogen (secondary N) is 1. The highest BCUT2D eigenvalue weighted by Gasteiger charge is 2.16. The van der Waals surface area contributed by atoms with Gasteiger partial charge in [-0.2, -0.15) is 0 Å². The third-order valence-corrected chi connectivity index (χ3v) is 2.02. The van der Waals surface area contributed by atoms with Crippen LogP contribution in [0.3, 0.4) is 0 Å². The van der Waals surface area contributed by atoms with E-state index in [1.54, 1.807) is 0 Å². The van der Waals surface area contributed by atoms with E-state index in [0.717, 1.165) is 19.6 Å². The zero-order valence-corrected chi connectivity index (χ0v) is 7.97. The molecular formula is C9H18N2O. The van der Waals surface area contributed by atoms with Gasteiger partial charge in [-0.3, -0.25) is 9.69 Å². The van der Waals surface area contributed by atoms with Crippen LogP contribution in [0, 0.1) is 5.92 Å². The molecular weight excluding hydrogens is 152 g/mol. The van der Waals surface area contributed by atoms with E-state index >= 15 is 0 Å². The molecule has 0 aromatic carbocycles. The van der Waals surface area contributed by atoms with Gasteiger partial charge in [0.2, 0.25) is 5.91 Å². The minimum atomic E-state index is 0.170. The number of hydrogen-bond acceptors (Lipinski definition) is 2. The van der Waals surface area contributed by atoms with Crippen LogP contribution in [0.1, 0.15) is 20.3 Å². The van der Waals surface area contributed by atoms with Gasteiger partial charge in [0.15, 0.2) is 0 Å². The molecule has 0 saturated carbocycles. The Kier molecular flexibility index (Phi) is 3.53. The first-order valence-corrected chi connectivity index (χ1v) is 4.67. The molecule has 1 heterocycles. The maximum absolute atomic E-state index is 11.2. The molecule has 3 heteroatoms. The smallest absolute Gasteiger partial charge is 0.234 e. The van der Waals surface area contributed by atoms with Crippen LogP contribution in [0.2, 0.25) is 0 Å². The summed E-state index contributed by atoms with van der Waals surface area (Å²) in [6, 6.07) is 0. The molecule has 0 spiro atoms. The second-order valence-electron chi connectivity index (χ2n) is 3.83. The van der Waals surface area contributed by atoms with Crippen LogP contribution in [0.5, 0.6) is 0 Å². The lowest BCUT2D eigenvalue weighted by Gasteiger charge is -2.29. The number of carbonyl (C=O) groups excluding carboxylic acids is 1. The van der Waals surface area contributed by atoms with E-state index in [9.17, 15) is 4.79 Å². The largest absolute Gasteiger partial charge is 0.355 e. The van der Waals surface area contributed by atoms with Crippen molar-refractivity contribution < 1.29 is 4.79 Å². The van der Waals surface area contributed by atoms with Crippen molar-refractivity contribution in [1.29, 1.82) is 0 Å². The Labute approximate surface area is 74.1 Å². The maximum atomic E-state index is 11.2. The molecule has 12 heavy (non-hydrogen) atoms. The summed E-state index contributed by atoms with van der Waals surface area (Å²) in [5.74, 6) is 0.716. The summed E-state index contributed by atoms with van der Waals surface area (Å²) in [6.07, 6.45) is 1.25. The molecule has 1 fully saturated rings. The second kappa shape index (κ2) is 4.45. The summed E-state index contributed by atoms with van der Waals surface area (Å²) in [6.45, 7) is 7.78. The van der Waals surface area contributed by atoms with E-state index in [0.29, 0.717) is 12.5 Å². The summed E-state index contributed by atoms with van der Waals surface area (Å²) < 4.78 is 0. The number of carbonyl (C=O) groups is 1. The lowest BCUT2D eigenvalue weighted by atomic mass is 10.2. The Morgan fingerprint density at radius 1 is 1.50 bits per heavy atom. The molecule has 0 aromatic heterocycles. The van der Waals surface area contributed by atoms with E-state index in [4.69, 9.17) is 0 Å². The predicted molar refractivity (Wildman–Crippen MR) is 48.9 cm³/mol. The van der Waals surface area contributed by atoms with Gasteiger partial charge in [0.1, 0.15) is 0 Å². The van der Waals surface area contributed by atoms with E-state index in [1.807, 2.05) is 0 Å². The van der Waals surface area contributed by atoms with Gasteiger partial charge in [0, 0.05) is 6.54 Å². The number of rotatable bonds is 4. The lowest BCUT2D eigenvalue weighted by Crippen LogP contribution is -2.44. The highest BCUT2D eigenvalue weighted by Crippen LogP contribution is 2.03. The molecule has 0 radical (unpaired) electrons. The first kappa shape index (κ1) is 9.52. The topological polar surface area (TPSA) is 32.3 Å². The molecule has 70 valence electrons. The molecule has 0 aromatic rings. The summed E-state index contributed by atoms with van der Waals surface area (Å²) in [7, 11) is 0. The molecule has 1 amide bonds. The zero-order chi connectivity index (χ0) is 8.97. The molecule has 0 unspecified atom stereocenters. The quantitative estimate of drug-likeness (QED) is 0.665. The van der Waals surface area contributed by atoms with Crippen molar-refractivity contribution in [3.63, 3.8) is 0 Å². The van der Waals surface area contributed by atoms with Gasteiger partial charge in [0.05, 0.1) is 6.54 Å². The van der Waals surface area contributed by atoms with Crippen molar-refractivity contribution in [3.05, 3.63) is 0 Å². The Morgan fingerprint density at radius 2 is 2.17 bits per heavy atom. The predicted octanol–water partition coefficient (Wildman–Crippen LogP) is 0.464. The standard InChI is InChI=1S/C9H18N2O/c1-8(2)6-10-9(12)7-11-4-3-5-11/h8H,3-7H2,1-2H3,(H,10,12). The Bertz CT molecular complexity index is 153. The Balaban J connectivity index is 2.03. The van der Waals surface area contributed by atoms with Crippen molar-refractivity contribution in [3.8, 4) is 0 Å². The Hall–Kier alpha value is -0.570. The molecule has 3 nitrogen and oxygen atoms in total. The minimum absolute atomic E-state index is 0.170. The lowest BCUT2D eigenvalue weighted by molar-refractivity contribution is -0.123.